The Kier molecular flexibility index (Phi) is 7.83. The van der Waals surface area contributed by atoms with Gasteiger partial charge in [-0.1, -0.05) is 25.1 Å². The highest BCUT2D eigenvalue weighted by molar-refractivity contribution is 7.99. The largest absolute Gasteiger partial charge is 0.479 e. The van der Waals surface area contributed by atoms with Crippen molar-refractivity contribution in [2.75, 3.05) is 5.75 Å². The van der Waals surface area contributed by atoms with E-state index in [2.05, 4.69) is 15.3 Å². The van der Waals surface area contributed by atoms with Crippen LogP contribution in [0.15, 0.2) is 32.9 Å². The van der Waals surface area contributed by atoms with Gasteiger partial charge in [0.1, 0.15) is 18.1 Å². The van der Waals surface area contributed by atoms with E-state index in [1.165, 1.54) is 23.9 Å². The third kappa shape index (κ3) is 5.44. The molecule has 0 bridgehead atoms. The summed E-state index contributed by atoms with van der Waals surface area (Å²) in [5, 5.41) is 11.3. The van der Waals surface area contributed by atoms with E-state index in [9.17, 15) is 26.3 Å². The Balaban J connectivity index is 1.73. The second-order valence-electron chi connectivity index (χ2n) is 6.29. The summed E-state index contributed by atoms with van der Waals surface area (Å²) in [7, 11) is 0. The second kappa shape index (κ2) is 10.6. The number of alkyl halides is 2. The minimum atomic E-state index is -2.91. The fourth-order valence-electron chi connectivity index (χ4n) is 2.40. The van der Waals surface area contributed by atoms with Gasteiger partial charge >= 0.3 is 0 Å². The summed E-state index contributed by atoms with van der Waals surface area (Å²) in [6.07, 6.45) is -0.0222. The SMILES string of the molecule is CCCCSc1nnc(C(F)F)n1/N=C\c1ccc(COc2c(F)c(F)cc(F)c2F)o1. The maximum absolute atomic E-state index is 13.6. The summed E-state index contributed by atoms with van der Waals surface area (Å²) in [6, 6.07) is 2.80. The molecule has 0 spiro atoms. The molecule has 0 aliphatic rings. The fraction of sp³-hybridized carbons (Fsp3) is 0.316. The van der Waals surface area contributed by atoms with Gasteiger partial charge in [-0.25, -0.2) is 17.6 Å². The molecule has 0 saturated heterocycles. The Labute approximate surface area is 182 Å². The summed E-state index contributed by atoms with van der Waals surface area (Å²) >= 11 is 1.22. The molecule has 0 amide bonds. The zero-order valence-corrected chi connectivity index (χ0v) is 17.3. The molecular weight excluding hydrogens is 462 g/mol. The van der Waals surface area contributed by atoms with Gasteiger partial charge in [-0.2, -0.15) is 18.6 Å². The van der Waals surface area contributed by atoms with Crippen molar-refractivity contribution in [3.05, 3.63) is 58.8 Å². The average molecular weight is 478 g/mol. The first-order chi connectivity index (χ1) is 15.3. The fourth-order valence-corrected chi connectivity index (χ4v) is 3.37. The molecule has 0 saturated carbocycles. The summed E-state index contributed by atoms with van der Waals surface area (Å²) in [5.41, 5.74) is 0. The number of unbranched alkanes of at least 4 members (excludes halogenated alkanes) is 1. The second-order valence-corrected chi connectivity index (χ2v) is 7.35. The number of nitrogens with zero attached hydrogens (tertiary/aromatic N) is 4. The standard InChI is InChI=1S/C19H16F6N4O2S/c1-2-3-6-32-19-28-27-18(17(24)25)29(19)26-8-10-4-5-11(31-10)9-30-16-14(22)12(20)7-13(21)15(16)23/h4-5,7-8,17H,2-3,6,9H2,1H3/b26-8-. The number of thioether (sulfide) groups is 1. The molecule has 0 unspecified atom stereocenters. The first kappa shape index (κ1) is 23.7. The predicted octanol–water partition coefficient (Wildman–Crippen LogP) is 5.72. The monoisotopic (exact) mass is 478 g/mol. The molecule has 2 heterocycles. The topological polar surface area (TPSA) is 65.4 Å². The highest BCUT2D eigenvalue weighted by Crippen LogP contribution is 2.27. The highest BCUT2D eigenvalue weighted by Gasteiger charge is 2.22. The van der Waals surface area contributed by atoms with E-state index < -0.39 is 47.9 Å². The van der Waals surface area contributed by atoms with Crippen molar-refractivity contribution in [2.45, 2.75) is 38.0 Å². The lowest BCUT2D eigenvalue weighted by Crippen LogP contribution is -2.03. The van der Waals surface area contributed by atoms with Gasteiger partial charge in [0.25, 0.3) is 6.43 Å². The van der Waals surface area contributed by atoms with Crippen LogP contribution in [0.5, 0.6) is 5.75 Å². The number of ether oxygens (including phenoxy) is 1. The molecule has 3 rings (SSSR count). The van der Waals surface area contributed by atoms with Crippen molar-refractivity contribution in [2.24, 2.45) is 5.10 Å². The normalized spacial score (nSPS) is 11.8. The first-order valence-corrected chi connectivity index (χ1v) is 10.3. The van der Waals surface area contributed by atoms with Gasteiger partial charge < -0.3 is 9.15 Å². The van der Waals surface area contributed by atoms with Crippen LogP contribution in [0.3, 0.4) is 0 Å². The van der Waals surface area contributed by atoms with E-state index >= 15 is 0 Å². The van der Waals surface area contributed by atoms with E-state index in [1.54, 1.807) is 0 Å². The molecule has 0 aliphatic carbocycles. The number of hydrogen-bond donors (Lipinski definition) is 0. The van der Waals surface area contributed by atoms with Gasteiger partial charge in [0.05, 0.1) is 6.21 Å². The quantitative estimate of drug-likeness (QED) is 0.123. The number of aromatic nitrogens is 3. The molecule has 32 heavy (non-hydrogen) atoms. The Morgan fingerprint density at radius 1 is 1.16 bits per heavy atom. The highest BCUT2D eigenvalue weighted by atomic mass is 32.2. The summed E-state index contributed by atoms with van der Waals surface area (Å²) < 4.78 is 91.1. The van der Waals surface area contributed by atoms with Gasteiger partial charge in [-0.15, -0.1) is 10.2 Å². The van der Waals surface area contributed by atoms with Crippen molar-refractivity contribution < 1.29 is 35.5 Å². The van der Waals surface area contributed by atoms with Gasteiger partial charge in [0, 0.05) is 11.8 Å². The van der Waals surface area contributed by atoms with E-state index in [0.717, 1.165) is 23.7 Å². The zero-order valence-electron chi connectivity index (χ0n) is 16.5. The molecule has 6 nitrogen and oxygen atoms in total. The van der Waals surface area contributed by atoms with E-state index in [0.29, 0.717) is 5.75 Å². The van der Waals surface area contributed by atoms with Crippen LogP contribution in [0.4, 0.5) is 26.3 Å². The molecule has 2 aromatic heterocycles. The summed E-state index contributed by atoms with van der Waals surface area (Å²) in [6.45, 7) is 1.43. The number of rotatable bonds is 10. The first-order valence-electron chi connectivity index (χ1n) is 9.26. The lowest BCUT2D eigenvalue weighted by atomic mass is 10.3. The molecule has 0 fully saturated rings. The maximum Gasteiger partial charge on any atom is 0.299 e. The molecule has 0 atom stereocenters. The Hall–Kier alpha value is -2.96. The van der Waals surface area contributed by atoms with Crippen molar-refractivity contribution >= 4 is 18.0 Å². The van der Waals surface area contributed by atoms with Crippen LogP contribution in [-0.2, 0) is 6.61 Å². The van der Waals surface area contributed by atoms with Crippen LogP contribution in [0.1, 0.15) is 43.5 Å². The molecule has 13 heteroatoms. The van der Waals surface area contributed by atoms with E-state index in [4.69, 9.17) is 9.15 Å². The van der Waals surface area contributed by atoms with E-state index in [-0.39, 0.29) is 22.7 Å². The lowest BCUT2D eigenvalue weighted by Gasteiger charge is -2.08. The maximum atomic E-state index is 13.6. The molecule has 0 radical (unpaired) electrons. The number of benzene rings is 1. The number of hydrogen-bond acceptors (Lipinski definition) is 6. The van der Waals surface area contributed by atoms with Crippen LogP contribution in [0.25, 0.3) is 0 Å². The molecule has 172 valence electrons. The van der Waals surface area contributed by atoms with Crippen LogP contribution in [0, 0.1) is 23.3 Å². The molecule has 0 N–H and O–H groups in total. The van der Waals surface area contributed by atoms with Crippen LogP contribution in [0.2, 0.25) is 0 Å². The summed E-state index contributed by atoms with van der Waals surface area (Å²) in [5.74, 6) is -7.69. The molecule has 1 aromatic carbocycles. The molecule has 0 aliphatic heterocycles. The smallest absolute Gasteiger partial charge is 0.299 e. The van der Waals surface area contributed by atoms with Crippen molar-refractivity contribution in [1.82, 2.24) is 14.9 Å². The predicted molar refractivity (Wildman–Crippen MR) is 103 cm³/mol. The van der Waals surface area contributed by atoms with Crippen LogP contribution in [-0.4, -0.2) is 26.8 Å². The average Bonchev–Trinajstić information content (AvgIpc) is 3.38. The van der Waals surface area contributed by atoms with Gasteiger partial charge in [0.15, 0.2) is 17.4 Å². The zero-order chi connectivity index (χ0) is 23.3. The van der Waals surface area contributed by atoms with Crippen molar-refractivity contribution in [3.8, 4) is 5.75 Å². The number of furan rings is 1. The molecule has 3 aromatic rings. The van der Waals surface area contributed by atoms with Crippen molar-refractivity contribution in [1.29, 1.82) is 0 Å². The minimum Gasteiger partial charge on any atom is -0.479 e. The minimum absolute atomic E-state index is 0.0327. The van der Waals surface area contributed by atoms with Crippen molar-refractivity contribution in [3.63, 3.8) is 0 Å². The lowest BCUT2D eigenvalue weighted by molar-refractivity contribution is 0.135. The third-order valence-electron chi connectivity index (χ3n) is 3.97. The van der Waals surface area contributed by atoms with Crippen LogP contribution >= 0.6 is 11.8 Å². The number of halogens is 6. The Morgan fingerprint density at radius 2 is 1.88 bits per heavy atom. The van der Waals surface area contributed by atoms with Gasteiger partial charge in [0.2, 0.25) is 22.6 Å². The Morgan fingerprint density at radius 3 is 2.53 bits per heavy atom. The van der Waals surface area contributed by atoms with Crippen LogP contribution < -0.4 is 4.74 Å². The third-order valence-corrected chi connectivity index (χ3v) is 4.98. The summed E-state index contributed by atoms with van der Waals surface area (Å²) in [4.78, 5) is 0. The molecular formula is C19H16F6N4O2S. The Bertz CT molecular complexity index is 1080. The van der Waals surface area contributed by atoms with E-state index in [1.807, 2.05) is 6.92 Å². The van der Waals surface area contributed by atoms with Gasteiger partial charge in [-0.05, 0) is 18.6 Å². The van der Waals surface area contributed by atoms with Gasteiger partial charge in [-0.3, -0.25) is 0 Å².